The Morgan fingerprint density at radius 3 is 0.852 bits per heavy atom. The summed E-state index contributed by atoms with van der Waals surface area (Å²) in [5.74, 6) is 2.70. The SMILES string of the molecule is CC(C)c1cccc(C(C)C)c1/N=C(\c1ccccc1)N(c1ccccc1)N(/C(=N/c1c(C(C)C)cccc1C(C)C)c1ccccc1)c1ccccc1. The van der Waals surface area contributed by atoms with E-state index in [0.717, 1.165) is 45.5 Å². The summed E-state index contributed by atoms with van der Waals surface area (Å²) in [5.41, 5.74) is 10.8. The molecule has 0 heterocycles. The Morgan fingerprint density at radius 1 is 0.333 bits per heavy atom. The van der Waals surface area contributed by atoms with Crippen molar-refractivity contribution >= 4 is 34.4 Å². The van der Waals surface area contributed by atoms with Crippen LogP contribution in [0.2, 0.25) is 0 Å². The molecule has 0 spiro atoms. The van der Waals surface area contributed by atoms with Gasteiger partial charge in [-0.25, -0.2) is 20.0 Å². The van der Waals surface area contributed by atoms with E-state index in [1.54, 1.807) is 0 Å². The van der Waals surface area contributed by atoms with Crippen LogP contribution in [0.5, 0.6) is 0 Å². The summed E-state index contributed by atoms with van der Waals surface area (Å²) in [6, 6.07) is 55.6. The topological polar surface area (TPSA) is 31.2 Å². The number of hydrogen-bond donors (Lipinski definition) is 0. The van der Waals surface area contributed by atoms with Crippen molar-refractivity contribution in [1.29, 1.82) is 0 Å². The second kappa shape index (κ2) is 17.4. The Labute approximate surface area is 323 Å². The number of para-hydroxylation sites is 4. The van der Waals surface area contributed by atoms with Crippen LogP contribution in [0.4, 0.5) is 22.7 Å². The van der Waals surface area contributed by atoms with E-state index in [0.29, 0.717) is 0 Å². The largest absolute Gasteiger partial charge is 0.229 e. The summed E-state index contributed by atoms with van der Waals surface area (Å²) >= 11 is 0. The highest BCUT2D eigenvalue weighted by Crippen LogP contribution is 2.39. The second-order valence-electron chi connectivity index (χ2n) is 15.1. The van der Waals surface area contributed by atoms with E-state index < -0.39 is 0 Å². The minimum Gasteiger partial charge on any atom is -0.229 e. The van der Waals surface area contributed by atoms with Gasteiger partial charge in [-0.2, -0.15) is 0 Å². The Bertz CT molecular complexity index is 1960. The van der Waals surface area contributed by atoms with Gasteiger partial charge in [-0.15, -0.1) is 0 Å². The van der Waals surface area contributed by atoms with Crippen LogP contribution in [0.25, 0.3) is 0 Å². The van der Waals surface area contributed by atoms with Crippen molar-refractivity contribution in [3.63, 3.8) is 0 Å². The molecule has 0 fully saturated rings. The molecule has 6 aromatic carbocycles. The summed E-state index contributed by atoms with van der Waals surface area (Å²) < 4.78 is 0. The van der Waals surface area contributed by atoms with Crippen molar-refractivity contribution in [2.45, 2.75) is 79.1 Å². The van der Waals surface area contributed by atoms with Gasteiger partial charge in [0.25, 0.3) is 0 Å². The van der Waals surface area contributed by atoms with Crippen LogP contribution < -0.4 is 10.0 Å². The van der Waals surface area contributed by atoms with Crippen molar-refractivity contribution in [1.82, 2.24) is 0 Å². The zero-order valence-electron chi connectivity index (χ0n) is 33.1. The van der Waals surface area contributed by atoms with Crippen LogP contribution in [0.1, 0.15) is 112 Å². The monoisotopic (exact) mass is 710 g/mol. The fourth-order valence-electron chi connectivity index (χ4n) is 6.94. The molecule has 6 aromatic rings. The van der Waals surface area contributed by atoms with Gasteiger partial charge in [0.1, 0.15) is 0 Å². The Kier molecular flexibility index (Phi) is 12.2. The van der Waals surface area contributed by atoms with Crippen LogP contribution >= 0.6 is 0 Å². The summed E-state index contributed by atoms with van der Waals surface area (Å²) in [6.07, 6.45) is 0. The fourth-order valence-corrected chi connectivity index (χ4v) is 6.94. The van der Waals surface area contributed by atoms with E-state index in [9.17, 15) is 0 Å². The molecular formula is C50H54N4. The molecule has 274 valence electrons. The predicted molar refractivity (Wildman–Crippen MR) is 232 cm³/mol. The summed E-state index contributed by atoms with van der Waals surface area (Å²) in [5, 5.41) is 4.54. The number of hydrazine groups is 1. The van der Waals surface area contributed by atoms with E-state index in [-0.39, 0.29) is 23.7 Å². The van der Waals surface area contributed by atoms with E-state index in [1.165, 1.54) is 22.3 Å². The van der Waals surface area contributed by atoms with Crippen LogP contribution in [0, 0.1) is 0 Å². The van der Waals surface area contributed by atoms with Crippen LogP contribution in [0.3, 0.4) is 0 Å². The lowest BCUT2D eigenvalue weighted by Gasteiger charge is -2.39. The van der Waals surface area contributed by atoms with Gasteiger partial charge in [0, 0.05) is 11.1 Å². The predicted octanol–water partition coefficient (Wildman–Crippen LogP) is 14.0. The van der Waals surface area contributed by atoms with E-state index in [2.05, 4.69) is 223 Å². The smallest absolute Gasteiger partial charge is 0.160 e. The van der Waals surface area contributed by atoms with Crippen molar-refractivity contribution in [2.75, 3.05) is 10.0 Å². The lowest BCUT2D eigenvalue weighted by atomic mass is 9.93. The summed E-state index contributed by atoms with van der Waals surface area (Å²) in [4.78, 5) is 11.6. The molecular weight excluding hydrogens is 657 g/mol. The third-order valence-electron chi connectivity index (χ3n) is 9.79. The second-order valence-corrected chi connectivity index (χ2v) is 15.1. The lowest BCUT2D eigenvalue weighted by Crippen LogP contribution is -2.51. The molecule has 4 nitrogen and oxygen atoms in total. The molecule has 0 aliphatic rings. The maximum absolute atomic E-state index is 5.81. The van der Waals surface area contributed by atoms with E-state index in [1.807, 2.05) is 0 Å². The number of benzene rings is 6. The number of aliphatic imine (C=N–C) groups is 2. The van der Waals surface area contributed by atoms with Gasteiger partial charge in [-0.1, -0.05) is 189 Å². The molecule has 0 aliphatic carbocycles. The highest BCUT2D eigenvalue weighted by molar-refractivity contribution is 6.21. The third-order valence-corrected chi connectivity index (χ3v) is 9.79. The third kappa shape index (κ3) is 8.39. The van der Waals surface area contributed by atoms with Crippen molar-refractivity contribution < 1.29 is 0 Å². The molecule has 0 atom stereocenters. The maximum Gasteiger partial charge on any atom is 0.160 e. The first-order chi connectivity index (χ1) is 26.2. The quantitative estimate of drug-likeness (QED) is 0.0805. The van der Waals surface area contributed by atoms with Gasteiger partial charge in [0.2, 0.25) is 0 Å². The van der Waals surface area contributed by atoms with E-state index in [4.69, 9.17) is 9.98 Å². The first-order valence-corrected chi connectivity index (χ1v) is 19.4. The standard InChI is InChI=1S/C50H54N4/c1-35(2)43-31-21-32-44(36(3)4)47(43)51-49(39-23-13-9-14-24-39)53(41-27-17-11-18-28-41)54(42-29-19-12-20-30-42)50(40-25-15-10-16-26-40)52-48-45(37(5)6)33-22-34-46(48)38(7)8/h9-38H,1-8H3/b51-49+,52-50+. The fraction of sp³-hybridized carbons (Fsp3) is 0.240. The van der Waals surface area contributed by atoms with Crippen molar-refractivity contribution in [2.24, 2.45) is 9.98 Å². The van der Waals surface area contributed by atoms with Crippen LogP contribution in [-0.4, -0.2) is 11.7 Å². The number of nitrogens with zero attached hydrogens (tertiary/aromatic N) is 4. The van der Waals surface area contributed by atoms with Crippen molar-refractivity contribution in [3.8, 4) is 0 Å². The van der Waals surface area contributed by atoms with E-state index >= 15 is 0 Å². The zero-order valence-corrected chi connectivity index (χ0v) is 33.1. The number of amidine groups is 2. The normalized spacial score (nSPS) is 12.2. The molecule has 0 saturated heterocycles. The molecule has 54 heavy (non-hydrogen) atoms. The van der Waals surface area contributed by atoms with Gasteiger partial charge < -0.3 is 0 Å². The first kappa shape index (κ1) is 38.0. The zero-order chi connectivity index (χ0) is 38.2. The van der Waals surface area contributed by atoms with Crippen molar-refractivity contribution in [3.05, 3.63) is 191 Å². The molecule has 4 heteroatoms. The Balaban J connectivity index is 1.79. The number of anilines is 2. The van der Waals surface area contributed by atoms with Crippen LogP contribution in [-0.2, 0) is 0 Å². The Hall–Kier alpha value is -5.74. The van der Waals surface area contributed by atoms with Crippen LogP contribution in [0.15, 0.2) is 168 Å². The van der Waals surface area contributed by atoms with Gasteiger partial charge in [-0.3, -0.25) is 0 Å². The first-order valence-electron chi connectivity index (χ1n) is 19.4. The average molecular weight is 711 g/mol. The lowest BCUT2D eigenvalue weighted by molar-refractivity contribution is 0.833. The van der Waals surface area contributed by atoms with Gasteiger partial charge in [0.15, 0.2) is 11.7 Å². The Morgan fingerprint density at radius 2 is 0.593 bits per heavy atom. The van der Waals surface area contributed by atoms with Gasteiger partial charge in [-0.05, 0) is 70.2 Å². The molecule has 0 aromatic heterocycles. The maximum atomic E-state index is 5.81. The summed E-state index contributed by atoms with van der Waals surface area (Å²) in [7, 11) is 0. The highest BCUT2D eigenvalue weighted by atomic mass is 15.7. The van der Waals surface area contributed by atoms with Gasteiger partial charge in [0.05, 0.1) is 22.7 Å². The minimum absolute atomic E-state index is 0.276. The molecule has 0 radical (unpaired) electrons. The molecule has 0 aliphatic heterocycles. The molecule has 0 saturated carbocycles. The highest BCUT2D eigenvalue weighted by Gasteiger charge is 2.30. The molecule has 0 N–H and O–H groups in total. The molecule has 0 amide bonds. The molecule has 0 unspecified atom stereocenters. The van der Waals surface area contributed by atoms with Gasteiger partial charge >= 0.3 is 0 Å². The minimum atomic E-state index is 0.276. The molecule has 6 rings (SSSR count). The average Bonchev–Trinajstić information content (AvgIpc) is 3.19. The molecule has 0 bridgehead atoms. The summed E-state index contributed by atoms with van der Waals surface area (Å²) in [6.45, 7) is 18.0. The number of hydrogen-bond acceptors (Lipinski definition) is 2. The number of rotatable bonds is 10.